The number of hydrogen-bond donors (Lipinski definition) is 1. The monoisotopic (exact) mass is 349 g/mol. The van der Waals surface area contributed by atoms with Crippen molar-refractivity contribution in [1.82, 2.24) is 0 Å². The summed E-state index contributed by atoms with van der Waals surface area (Å²) in [6.07, 6.45) is 0. The van der Waals surface area contributed by atoms with Crippen LogP contribution in [0.5, 0.6) is 0 Å². The highest BCUT2D eigenvalue weighted by Gasteiger charge is 2.60. The molecule has 3 nitrogen and oxygen atoms in total. The van der Waals surface area contributed by atoms with E-state index < -0.39 is 21.0 Å². The van der Waals surface area contributed by atoms with Crippen molar-refractivity contribution in [2.75, 3.05) is 0 Å². The molecule has 0 amide bonds. The molecule has 0 heterocycles. The van der Waals surface area contributed by atoms with Gasteiger partial charge in [-0.05, 0) is 36.8 Å². The van der Waals surface area contributed by atoms with Gasteiger partial charge in [-0.2, -0.15) is 0 Å². The Kier molecular flexibility index (Phi) is 3.98. The Bertz CT molecular complexity index is 845. The first kappa shape index (κ1) is 16.1. The Morgan fingerprint density at radius 3 is 2.17 bits per heavy atom. The molecule has 1 aliphatic rings. The van der Waals surface area contributed by atoms with E-state index in [1.807, 2.05) is 6.92 Å². The molecule has 0 saturated heterocycles. The summed E-state index contributed by atoms with van der Waals surface area (Å²) in [7, 11) is -3.55. The summed E-state index contributed by atoms with van der Waals surface area (Å²) in [4.78, 5) is 0.443. The van der Waals surface area contributed by atoms with Crippen molar-refractivity contribution in [3.05, 3.63) is 65.5 Å². The molecule has 0 radical (unpaired) electrons. The zero-order valence-corrected chi connectivity index (χ0v) is 14.1. The third-order valence-electron chi connectivity index (χ3n) is 4.25. The van der Waals surface area contributed by atoms with E-state index in [4.69, 9.17) is 18.0 Å². The zero-order valence-electron chi connectivity index (χ0n) is 12.4. The largest absolute Gasteiger partial charge is 0.393 e. The number of aryl methyl sites for hydroxylation is 1. The minimum Gasteiger partial charge on any atom is -0.393 e. The quantitative estimate of drug-likeness (QED) is 0.862. The molecule has 120 valence electrons. The molecule has 2 aromatic carbocycles. The Balaban J connectivity index is 1.98. The molecule has 3 rings (SSSR count). The first-order chi connectivity index (χ1) is 10.8. The summed E-state index contributed by atoms with van der Waals surface area (Å²) in [5, 5.41) is -0.687. The summed E-state index contributed by atoms with van der Waals surface area (Å²) in [6, 6.07) is 12.5. The van der Waals surface area contributed by atoms with Crippen LogP contribution in [0.2, 0.25) is 0 Å². The van der Waals surface area contributed by atoms with E-state index in [1.165, 1.54) is 12.1 Å². The average Bonchev–Trinajstić information content (AvgIpc) is 3.25. The molecule has 1 aliphatic carbocycles. The van der Waals surface area contributed by atoms with Gasteiger partial charge in [0, 0.05) is 11.8 Å². The van der Waals surface area contributed by atoms with Gasteiger partial charge >= 0.3 is 0 Å². The number of nitrogens with two attached hydrogens (primary N) is 1. The fourth-order valence-electron chi connectivity index (χ4n) is 2.98. The second kappa shape index (κ2) is 5.69. The van der Waals surface area contributed by atoms with Gasteiger partial charge in [-0.1, -0.05) is 42.0 Å². The van der Waals surface area contributed by atoms with Crippen LogP contribution < -0.4 is 5.73 Å². The first-order valence-corrected chi connectivity index (χ1v) is 9.13. The molecule has 23 heavy (non-hydrogen) atoms. The highest BCUT2D eigenvalue weighted by molar-refractivity contribution is 7.92. The van der Waals surface area contributed by atoms with Gasteiger partial charge in [0.05, 0.1) is 15.1 Å². The smallest absolute Gasteiger partial charge is 0.182 e. The standard InChI is InChI=1S/C17H16FNO2S2/c1-10-2-8-13(9-3-10)23(20,21)16-14(15(16)17(19)22)11-4-6-12(18)7-5-11/h2-9,14-16H,1H3,(H2,19,22)/t14-,15+,16-/m0/s1. The number of rotatable bonds is 4. The molecule has 1 saturated carbocycles. The highest BCUT2D eigenvalue weighted by Crippen LogP contribution is 2.54. The Morgan fingerprint density at radius 2 is 1.65 bits per heavy atom. The van der Waals surface area contributed by atoms with Crippen LogP contribution in [0.15, 0.2) is 53.4 Å². The van der Waals surface area contributed by atoms with Crippen LogP contribution >= 0.6 is 12.2 Å². The van der Waals surface area contributed by atoms with Gasteiger partial charge in [0.2, 0.25) is 0 Å². The fourth-order valence-corrected chi connectivity index (χ4v) is 5.51. The van der Waals surface area contributed by atoms with Crippen molar-refractivity contribution in [1.29, 1.82) is 0 Å². The lowest BCUT2D eigenvalue weighted by Crippen LogP contribution is -2.17. The van der Waals surface area contributed by atoms with Crippen LogP contribution in [0.4, 0.5) is 4.39 Å². The SMILES string of the molecule is Cc1ccc(S(=O)(=O)[C@@H]2[C@H](C(N)=S)[C@@H]2c2ccc(F)cc2)cc1. The normalized spacial score (nSPS) is 23.5. The third-order valence-corrected chi connectivity index (χ3v) is 6.75. The maximum atomic E-state index is 13.1. The van der Waals surface area contributed by atoms with Gasteiger partial charge in [0.15, 0.2) is 9.84 Å². The van der Waals surface area contributed by atoms with E-state index in [0.29, 0.717) is 0 Å². The fraction of sp³-hybridized carbons (Fsp3) is 0.235. The molecule has 6 heteroatoms. The number of thiocarbonyl (C=S) groups is 1. The molecule has 0 bridgehead atoms. The summed E-state index contributed by atoms with van der Waals surface area (Å²) in [5.41, 5.74) is 7.46. The van der Waals surface area contributed by atoms with E-state index in [9.17, 15) is 12.8 Å². The van der Waals surface area contributed by atoms with Crippen molar-refractivity contribution in [3.8, 4) is 0 Å². The second-order valence-corrected chi connectivity index (χ2v) is 8.41. The van der Waals surface area contributed by atoms with E-state index in [-0.39, 0.29) is 21.6 Å². The minimum atomic E-state index is -3.55. The predicted molar refractivity (Wildman–Crippen MR) is 91.6 cm³/mol. The van der Waals surface area contributed by atoms with Gasteiger partial charge in [-0.25, -0.2) is 12.8 Å². The van der Waals surface area contributed by atoms with E-state index in [2.05, 4.69) is 0 Å². The van der Waals surface area contributed by atoms with E-state index in [1.54, 1.807) is 36.4 Å². The number of sulfone groups is 1. The van der Waals surface area contributed by atoms with Crippen LogP contribution in [0.3, 0.4) is 0 Å². The predicted octanol–water partition coefficient (Wildman–Crippen LogP) is 2.98. The van der Waals surface area contributed by atoms with Crippen LogP contribution in [0, 0.1) is 18.7 Å². The molecule has 3 atom stereocenters. The molecular weight excluding hydrogens is 333 g/mol. The average molecular weight is 349 g/mol. The van der Waals surface area contributed by atoms with E-state index in [0.717, 1.165) is 11.1 Å². The lowest BCUT2D eigenvalue weighted by atomic mass is 10.1. The Morgan fingerprint density at radius 1 is 1.09 bits per heavy atom. The molecule has 2 N–H and O–H groups in total. The number of halogens is 1. The van der Waals surface area contributed by atoms with Crippen LogP contribution in [0.1, 0.15) is 17.0 Å². The molecule has 2 aromatic rings. The lowest BCUT2D eigenvalue weighted by molar-refractivity contribution is 0.593. The van der Waals surface area contributed by atoms with Crippen molar-refractivity contribution in [3.63, 3.8) is 0 Å². The number of benzene rings is 2. The van der Waals surface area contributed by atoms with Crippen molar-refractivity contribution in [2.45, 2.75) is 23.0 Å². The maximum absolute atomic E-state index is 13.1. The third kappa shape index (κ3) is 2.88. The highest BCUT2D eigenvalue weighted by atomic mass is 32.2. The maximum Gasteiger partial charge on any atom is 0.182 e. The summed E-state index contributed by atoms with van der Waals surface area (Å²) >= 11 is 5.04. The van der Waals surface area contributed by atoms with Gasteiger partial charge in [-0.15, -0.1) is 0 Å². The van der Waals surface area contributed by atoms with Gasteiger partial charge < -0.3 is 5.73 Å². The second-order valence-electron chi connectivity index (χ2n) is 5.83. The molecule has 0 unspecified atom stereocenters. The molecule has 0 aromatic heterocycles. The van der Waals surface area contributed by atoms with Crippen LogP contribution in [0.25, 0.3) is 0 Å². The van der Waals surface area contributed by atoms with Gasteiger partial charge in [0.25, 0.3) is 0 Å². The summed E-state index contributed by atoms with van der Waals surface area (Å²) < 4.78 is 38.9. The summed E-state index contributed by atoms with van der Waals surface area (Å²) in [5.74, 6) is -1.10. The van der Waals surface area contributed by atoms with Crippen molar-refractivity contribution >= 4 is 27.0 Å². The van der Waals surface area contributed by atoms with Crippen LogP contribution in [-0.4, -0.2) is 18.7 Å². The number of hydrogen-bond acceptors (Lipinski definition) is 3. The Labute approximate surface area is 140 Å². The van der Waals surface area contributed by atoms with Gasteiger partial charge in [0.1, 0.15) is 5.82 Å². The summed E-state index contributed by atoms with van der Waals surface area (Å²) in [6.45, 7) is 1.90. The van der Waals surface area contributed by atoms with Crippen LogP contribution in [-0.2, 0) is 9.84 Å². The zero-order chi connectivity index (χ0) is 16.8. The molecule has 0 spiro atoms. The molecule has 0 aliphatic heterocycles. The lowest BCUT2D eigenvalue weighted by Gasteiger charge is -2.05. The minimum absolute atomic E-state index is 0.181. The van der Waals surface area contributed by atoms with Gasteiger partial charge in [-0.3, -0.25) is 0 Å². The molecular formula is C17H16FNO2S2. The Hall–Kier alpha value is -1.79. The first-order valence-electron chi connectivity index (χ1n) is 7.18. The van der Waals surface area contributed by atoms with Crippen molar-refractivity contribution < 1.29 is 12.8 Å². The van der Waals surface area contributed by atoms with E-state index >= 15 is 0 Å². The molecule has 1 fully saturated rings. The topological polar surface area (TPSA) is 60.2 Å². The van der Waals surface area contributed by atoms with Crippen molar-refractivity contribution in [2.24, 2.45) is 11.7 Å².